The number of benzene rings is 2. The largest absolute Gasteiger partial charge is 0.341 e. The van der Waals surface area contributed by atoms with E-state index in [0.29, 0.717) is 39.0 Å². The van der Waals surface area contributed by atoms with Crippen molar-refractivity contribution in [3.05, 3.63) is 70.8 Å². The van der Waals surface area contributed by atoms with E-state index in [9.17, 15) is 18.4 Å². The van der Waals surface area contributed by atoms with Crippen LogP contribution >= 0.6 is 0 Å². The molecule has 2 aromatic carbocycles. The van der Waals surface area contributed by atoms with E-state index in [1.54, 1.807) is 4.90 Å². The van der Waals surface area contributed by atoms with Crippen LogP contribution in [0.15, 0.2) is 42.5 Å². The summed E-state index contributed by atoms with van der Waals surface area (Å²) in [5.74, 6) is -1.92. The molecule has 142 valence electrons. The number of carbonyl (C=O) groups is 2. The van der Waals surface area contributed by atoms with Crippen LogP contribution in [0.4, 0.5) is 8.78 Å². The Balaban J connectivity index is 1.63. The molecule has 1 aliphatic rings. The monoisotopic (exact) mass is 372 g/mol. The SMILES string of the molecule is Cc1ccc(CC(=O)N2CCCN(C(=O)c3cc(F)ccc3F)CC2)cc1. The van der Waals surface area contributed by atoms with Crippen LogP contribution in [0.1, 0.15) is 27.9 Å². The highest BCUT2D eigenvalue weighted by Gasteiger charge is 2.24. The van der Waals surface area contributed by atoms with Gasteiger partial charge in [-0.3, -0.25) is 9.59 Å². The van der Waals surface area contributed by atoms with Crippen molar-refractivity contribution in [3.8, 4) is 0 Å². The van der Waals surface area contributed by atoms with Crippen LogP contribution in [0.5, 0.6) is 0 Å². The molecule has 0 saturated carbocycles. The molecule has 1 aliphatic heterocycles. The fourth-order valence-corrected chi connectivity index (χ4v) is 3.19. The van der Waals surface area contributed by atoms with Crippen molar-refractivity contribution in [1.29, 1.82) is 0 Å². The van der Waals surface area contributed by atoms with Gasteiger partial charge in [0.05, 0.1) is 12.0 Å². The molecule has 0 N–H and O–H groups in total. The first-order valence-corrected chi connectivity index (χ1v) is 9.01. The summed E-state index contributed by atoms with van der Waals surface area (Å²) in [5.41, 5.74) is 1.82. The first-order valence-electron chi connectivity index (χ1n) is 9.01. The molecule has 0 atom stereocenters. The zero-order chi connectivity index (χ0) is 19.4. The molecule has 0 aliphatic carbocycles. The number of amides is 2. The van der Waals surface area contributed by atoms with Gasteiger partial charge in [0.2, 0.25) is 5.91 Å². The molecule has 6 heteroatoms. The molecule has 0 bridgehead atoms. The van der Waals surface area contributed by atoms with E-state index in [1.165, 1.54) is 4.90 Å². The van der Waals surface area contributed by atoms with Gasteiger partial charge in [-0.25, -0.2) is 8.78 Å². The summed E-state index contributed by atoms with van der Waals surface area (Å²) >= 11 is 0. The summed E-state index contributed by atoms with van der Waals surface area (Å²) in [4.78, 5) is 28.3. The Morgan fingerprint density at radius 2 is 1.59 bits per heavy atom. The highest BCUT2D eigenvalue weighted by molar-refractivity contribution is 5.94. The number of nitrogens with zero attached hydrogens (tertiary/aromatic N) is 2. The first kappa shape index (κ1) is 19.0. The van der Waals surface area contributed by atoms with Crippen molar-refractivity contribution in [2.24, 2.45) is 0 Å². The van der Waals surface area contributed by atoms with Gasteiger partial charge in [0, 0.05) is 26.2 Å². The number of hydrogen-bond donors (Lipinski definition) is 0. The first-order chi connectivity index (χ1) is 12.9. The predicted molar refractivity (Wildman–Crippen MR) is 98.3 cm³/mol. The quantitative estimate of drug-likeness (QED) is 0.830. The second-order valence-electron chi connectivity index (χ2n) is 6.81. The molecule has 2 amide bonds. The third-order valence-corrected chi connectivity index (χ3v) is 4.77. The van der Waals surface area contributed by atoms with E-state index in [2.05, 4.69) is 0 Å². The van der Waals surface area contributed by atoms with E-state index in [1.807, 2.05) is 31.2 Å². The Hall–Kier alpha value is -2.76. The van der Waals surface area contributed by atoms with Gasteiger partial charge in [-0.15, -0.1) is 0 Å². The Bertz CT molecular complexity index is 837. The minimum Gasteiger partial charge on any atom is -0.341 e. The fourth-order valence-electron chi connectivity index (χ4n) is 3.19. The molecule has 0 aromatic heterocycles. The third kappa shape index (κ3) is 4.70. The molecule has 27 heavy (non-hydrogen) atoms. The van der Waals surface area contributed by atoms with Gasteiger partial charge in [0.1, 0.15) is 11.6 Å². The van der Waals surface area contributed by atoms with E-state index < -0.39 is 17.5 Å². The Kier molecular flexibility index (Phi) is 5.84. The standard InChI is InChI=1S/C21H22F2N2O2/c1-15-3-5-16(6-4-15)13-20(26)24-9-2-10-25(12-11-24)21(27)18-14-17(22)7-8-19(18)23/h3-8,14H,2,9-13H2,1H3. The van der Waals surface area contributed by atoms with Crippen molar-refractivity contribution in [1.82, 2.24) is 9.80 Å². The maximum Gasteiger partial charge on any atom is 0.256 e. The Morgan fingerprint density at radius 1 is 0.926 bits per heavy atom. The van der Waals surface area contributed by atoms with Crippen molar-refractivity contribution in [2.75, 3.05) is 26.2 Å². The van der Waals surface area contributed by atoms with Crippen LogP contribution in [0, 0.1) is 18.6 Å². The molecule has 4 nitrogen and oxygen atoms in total. The molecular formula is C21H22F2N2O2. The molecule has 2 aromatic rings. The van der Waals surface area contributed by atoms with Gasteiger partial charge in [0.15, 0.2) is 0 Å². The van der Waals surface area contributed by atoms with Crippen molar-refractivity contribution < 1.29 is 18.4 Å². The number of halogens is 2. The lowest BCUT2D eigenvalue weighted by Crippen LogP contribution is -2.38. The molecule has 1 fully saturated rings. The lowest BCUT2D eigenvalue weighted by Gasteiger charge is -2.22. The van der Waals surface area contributed by atoms with Crippen LogP contribution in [-0.4, -0.2) is 47.8 Å². The van der Waals surface area contributed by atoms with Crippen LogP contribution in [0.2, 0.25) is 0 Å². The van der Waals surface area contributed by atoms with E-state index >= 15 is 0 Å². The van der Waals surface area contributed by atoms with Crippen LogP contribution in [0.3, 0.4) is 0 Å². The van der Waals surface area contributed by atoms with Gasteiger partial charge in [0.25, 0.3) is 5.91 Å². The second kappa shape index (κ2) is 8.29. The molecule has 0 unspecified atom stereocenters. The summed E-state index contributed by atoms with van der Waals surface area (Å²) in [5, 5.41) is 0. The van der Waals surface area contributed by atoms with E-state index in [-0.39, 0.29) is 11.5 Å². The topological polar surface area (TPSA) is 40.6 Å². The van der Waals surface area contributed by atoms with E-state index in [0.717, 1.165) is 29.3 Å². The van der Waals surface area contributed by atoms with Gasteiger partial charge in [-0.05, 0) is 37.1 Å². The van der Waals surface area contributed by atoms with Crippen LogP contribution < -0.4 is 0 Å². The van der Waals surface area contributed by atoms with Gasteiger partial charge < -0.3 is 9.80 Å². The molecule has 0 spiro atoms. The molecule has 0 radical (unpaired) electrons. The summed E-state index contributed by atoms with van der Waals surface area (Å²) < 4.78 is 27.2. The Morgan fingerprint density at radius 3 is 2.33 bits per heavy atom. The second-order valence-corrected chi connectivity index (χ2v) is 6.81. The van der Waals surface area contributed by atoms with Gasteiger partial charge in [-0.2, -0.15) is 0 Å². The minimum absolute atomic E-state index is 0.00471. The van der Waals surface area contributed by atoms with E-state index in [4.69, 9.17) is 0 Å². The maximum absolute atomic E-state index is 13.9. The average molecular weight is 372 g/mol. The zero-order valence-electron chi connectivity index (χ0n) is 15.3. The molecule has 1 saturated heterocycles. The lowest BCUT2D eigenvalue weighted by atomic mass is 10.1. The minimum atomic E-state index is -0.738. The number of hydrogen-bond acceptors (Lipinski definition) is 2. The van der Waals surface area contributed by atoms with Crippen LogP contribution in [0.25, 0.3) is 0 Å². The number of aryl methyl sites for hydroxylation is 1. The predicted octanol–water partition coefficient (Wildman–Crippen LogP) is 3.19. The lowest BCUT2D eigenvalue weighted by molar-refractivity contribution is -0.130. The molecular weight excluding hydrogens is 350 g/mol. The summed E-state index contributed by atoms with van der Waals surface area (Å²) in [6.45, 7) is 3.62. The van der Waals surface area contributed by atoms with Gasteiger partial charge in [-0.1, -0.05) is 29.8 Å². The maximum atomic E-state index is 13.9. The fraction of sp³-hybridized carbons (Fsp3) is 0.333. The zero-order valence-corrected chi connectivity index (χ0v) is 15.3. The summed E-state index contributed by atoms with van der Waals surface area (Å²) in [7, 11) is 0. The summed E-state index contributed by atoms with van der Waals surface area (Å²) in [6, 6.07) is 10.7. The smallest absolute Gasteiger partial charge is 0.256 e. The summed E-state index contributed by atoms with van der Waals surface area (Å²) in [6.07, 6.45) is 0.912. The normalized spacial score (nSPS) is 14.8. The van der Waals surface area contributed by atoms with Crippen molar-refractivity contribution in [3.63, 3.8) is 0 Å². The highest BCUT2D eigenvalue weighted by Crippen LogP contribution is 2.15. The molecule has 1 heterocycles. The number of carbonyl (C=O) groups excluding carboxylic acids is 2. The van der Waals surface area contributed by atoms with Crippen molar-refractivity contribution in [2.45, 2.75) is 19.8 Å². The van der Waals surface area contributed by atoms with Crippen LogP contribution in [-0.2, 0) is 11.2 Å². The highest BCUT2D eigenvalue weighted by atomic mass is 19.1. The van der Waals surface area contributed by atoms with Crippen molar-refractivity contribution >= 4 is 11.8 Å². The number of rotatable bonds is 3. The molecule has 3 rings (SSSR count). The Labute approximate surface area is 157 Å². The van der Waals surface area contributed by atoms with Gasteiger partial charge >= 0.3 is 0 Å². The average Bonchev–Trinajstić information content (AvgIpc) is 2.91. The third-order valence-electron chi connectivity index (χ3n) is 4.77.